The van der Waals surface area contributed by atoms with Gasteiger partial charge in [-0.25, -0.2) is 4.99 Å². The molecule has 0 radical (unpaired) electrons. The molecule has 2 aliphatic carbocycles. The normalized spacial score (nSPS) is 20.1. The van der Waals surface area contributed by atoms with E-state index in [0.717, 1.165) is 11.6 Å². The summed E-state index contributed by atoms with van der Waals surface area (Å²) in [6, 6.07) is 9.31. The zero-order valence-electron chi connectivity index (χ0n) is 15.8. The van der Waals surface area contributed by atoms with E-state index in [0.29, 0.717) is 6.04 Å². The van der Waals surface area contributed by atoms with Gasteiger partial charge >= 0.3 is 0 Å². The molecule has 0 unspecified atom stereocenters. The fourth-order valence-corrected chi connectivity index (χ4v) is 5.60. The van der Waals surface area contributed by atoms with Crippen LogP contribution in [0.1, 0.15) is 87.4 Å². The Bertz CT molecular complexity index is 747. The quantitative estimate of drug-likeness (QED) is 0.484. The number of aryl methyl sites for hydroxylation is 1. The molecule has 2 aromatic rings. The maximum atomic E-state index is 5.05. The second kappa shape index (κ2) is 9.36. The minimum atomic E-state index is 0. The first kappa shape index (κ1) is 19.9. The number of nitrogens with zero attached hydrogens (tertiary/aromatic N) is 2. The third-order valence-corrected chi connectivity index (χ3v) is 6.85. The Balaban J connectivity index is 0.00000196. The summed E-state index contributed by atoms with van der Waals surface area (Å²) in [4.78, 5) is 6.27. The van der Waals surface area contributed by atoms with Gasteiger partial charge in [-0.2, -0.15) is 0 Å². The van der Waals surface area contributed by atoms with Gasteiger partial charge in [-0.1, -0.05) is 56.2 Å². The van der Waals surface area contributed by atoms with Crippen molar-refractivity contribution in [1.29, 1.82) is 0 Å². The van der Waals surface area contributed by atoms with Crippen LogP contribution in [0.15, 0.2) is 34.6 Å². The van der Waals surface area contributed by atoms with Crippen molar-refractivity contribution in [3.05, 3.63) is 45.7 Å². The van der Waals surface area contributed by atoms with E-state index in [1.165, 1.54) is 74.6 Å². The predicted molar refractivity (Wildman–Crippen MR) is 117 cm³/mol. The molecule has 4 heteroatoms. The molecule has 2 aliphatic rings. The van der Waals surface area contributed by atoms with E-state index < -0.39 is 0 Å². The number of thiazole rings is 1. The molecule has 2 nitrogen and oxygen atoms in total. The SMILES string of the molecule is Br.Cc1ccc(N=c2scc(C3CCCCC3)n2C2CCCCC2)cc1. The standard InChI is InChI=1S/C22H30N2S.BrH/c1-17-12-14-19(15-13-17)23-22-24(20-10-6-3-7-11-20)21(16-25-22)18-8-4-2-5-9-18;/h12-16,18,20H,2-11H2,1H3;1H. The lowest BCUT2D eigenvalue weighted by Crippen LogP contribution is -2.26. The van der Waals surface area contributed by atoms with Crippen molar-refractivity contribution in [3.63, 3.8) is 0 Å². The van der Waals surface area contributed by atoms with E-state index in [4.69, 9.17) is 4.99 Å². The first-order valence-electron chi connectivity index (χ1n) is 10.1. The summed E-state index contributed by atoms with van der Waals surface area (Å²) >= 11 is 1.86. The third kappa shape index (κ3) is 4.51. The molecular formula is C22H31BrN2S. The molecule has 1 heterocycles. The second-order valence-electron chi connectivity index (χ2n) is 7.89. The van der Waals surface area contributed by atoms with Gasteiger partial charge in [0.2, 0.25) is 0 Å². The molecule has 2 fully saturated rings. The molecule has 0 bridgehead atoms. The van der Waals surface area contributed by atoms with Gasteiger partial charge < -0.3 is 4.57 Å². The van der Waals surface area contributed by atoms with Crippen LogP contribution in [0.2, 0.25) is 0 Å². The Morgan fingerprint density at radius 3 is 2.15 bits per heavy atom. The molecule has 0 N–H and O–H groups in total. The molecule has 4 rings (SSSR count). The van der Waals surface area contributed by atoms with Crippen molar-refractivity contribution in [3.8, 4) is 0 Å². The van der Waals surface area contributed by atoms with Gasteiger partial charge in [0.15, 0.2) is 4.80 Å². The van der Waals surface area contributed by atoms with Crippen LogP contribution in [0.3, 0.4) is 0 Å². The molecule has 0 spiro atoms. The fraction of sp³-hybridized carbons (Fsp3) is 0.591. The topological polar surface area (TPSA) is 17.3 Å². The lowest BCUT2D eigenvalue weighted by atomic mass is 9.86. The average Bonchev–Trinajstić information content (AvgIpc) is 3.08. The van der Waals surface area contributed by atoms with E-state index >= 15 is 0 Å². The smallest absolute Gasteiger partial charge is 0.190 e. The highest BCUT2D eigenvalue weighted by Crippen LogP contribution is 2.37. The van der Waals surface area contributed by atoms with E-state index in [9.17, 15) is 0 Å². The molecule has 0 aliphatic heterocycles. The highest BCUT2D eigenvalue weighted by atomic mass is 79.9. The van der Waals surface area contributed by atoms with Crippen LogP contribution in [0.25, 0.3) is 0 Å². The molecular weight excluding hydrogens is 404 g/mol. The van der Waals surface area contributed by atoms with Gasteiger partial charge in [0.05, 0.1) is 5.69 Å². The molecule has 0 atom stereocenters. The van der Waals surface area contributed by atoms with E-state index in [1.807, 2.05) is 11.3 Å². The van der Waals surface area contributed by atoms with Crippen LogP contribution in [0, 0.1) is 6.92 Å². The highest BCUT2D eigenvalue weighted by Gasteiger charge is 2.25. The van der Waals surface area contributed by atoms with Crippen molar-refractivity contribution in [2.75, 3.05) is 0 Å². The third-order valence-electron chi connectivity index (χ3n) is 5.99. The van der Waals surface area contributed by atoms with Crippen molar-refractivity contribution < 1.29 is 0 Å². The van der Waals surface area contributed by atoms with Gasteiger partial charge in [0.25, 0.3) is 0 Å². The first-order chi connectivity index (χ1) is 12.3. The summed E-state index contributed by atoms with van der Waals surface area (Å²) in [5.41, 5.74) is 3.97. The van der Waals surface area contributed by atoms with Crippen LogP contribution in [-0.2, 0) is 0 Å². The summed E-state index contributed by atoms with van der Waals surface area (Å²) in [7, 11) is 0. The second-order valence-corrected chi connectivity index (χ2v) is 8.72. The molecule has 1 aromatic carbocycles. The van der Waals surface area contributed by atoms with Gasteiger partial charge in [0.1, 0.15) is 0 Å². The Morgan fingerprint density at radius 2 is 1.50 bits per heavy atom. The largest absolute Gasteiger partial charge is 0.317 e. The van der Waals surface area contributed by atoms with E-state index in [2.05, 4.69) is 41.1 Å². The number of benzene rings is 1. The van der Waals surface area contributed by atoms with Crippen molar-refractivity contribution in [2.24, 2.45) is 4.99 Å². The summed E-state index contributed by atoms with van der Waals surface area (Å²) in [6.07, 6.45) is 13.8. The Morgan fingerprint density at radius 1 is 0.885 bits per heavy atom. The van der Waals surface area contributed by atoms with Crippen LogP contribution in [0.4, 0.5) is 5.69 Å². The lowest BCUT2D eigenvalue weighted by Gasteiger charge is -2.29. The summed E-state index contributed by atoms with van der Waals surface area (Å²) in [5.74, 6) is 0.758. The maximum absolute atomic E-state index is 5.05. The number of hydrogen-bond donors (Lipinski definition) is 0. The van der Waals surface area contributed by atoms with Gasteiger partial charge in [-0.3, -0.25) is 0 Å². The molecule has 0 saturated heterocycles. The molecule has 0 amide bonds. The van der Waals surface area contributed by atoms with Crippen LogP contribution >= 0.6 is 28.3 Å². The minimum absolute atomic E-state index is 0. The average molecular weight is 435 g/mol. The number of halogens is 1. The monoisotopic (exact) mass is 434 g/mol. The molecule has 26 heavy (non-hydrogen) atoms. The maximum Gasteiger partial charge on any atom is 0.190 e. The Labute approximate surface area is 172 Å². The number of hydrogen-bond acceptors (Lipinski definition) is 2. The zero-order chi connectivity index (χ0) is 17.1. The zero-order valence-corrected chi connectivity index (χ0v) is 18.4. The van der Waals surface area contributed by atoms with Gasteiger partial charge in [-0.05, 0) is 44.7 Å². The number of aromatic nitrogens is 1. The summed E-state index contributed by atoms with van der Waals surface area (Å²) in [6.45, 7) is 2.14. The van der Waals surface area contributed by atoms with Crippen molar-refractivity contribution >= 4 is 34.0 Å². The lowest BCUT2D eigenvalue weighted by molar-refractivity contribution is 0.325. The van der Waals surface area contributed by atoms with Crippen LogP contribution in [-0.4, -0.2) is 4.57 Å². The Kier molecular flexibility index (Phi) is 7.16. The van der Waals surface area contributed by atoms with E-state index in [1.54, 1.807) is 5.69 Å². The minimum Gasteiger partial charge on any atom is -0.317 e. The molecule has 2 saturated carbocycles. The van der Waals surface area contributed by atoms with Gasteiger partial charge in [0, 0.05) is 23.0 Å². The number of rotatable bonds is 3. The van der Waals surface area contributed by atoms with Crippen molar-refractivity contribution in [2.45, 2.75) is 83.1 Å². The van der Waals surface area contributed by atoms with Crippen molar-refractivity contribution in [1.82, 2.24) is 4.57 Å². The highest BCUT2D eigenvalue weighted by molar-refractivity contribution is 8.93. The molecule has 142 valence electrons. The van der Waals surface area contributed by atoms with Crippen LogP contribution in [0.5, 0.6) is 0 Å². The molecule has 1 aromatic heterocycles. The van der Waals surface area contributed by atoms with E-state index in [-0.39, 0.29) is 17.0 Å². The summed E-state index contributed by atoms with van der Waals surface area (Å²) in [5, 5.41) is 2.43. The fourth-order valence-electron chi connectivity index (χ4n) is 4.54. The van der Waals surface area contributed by atoms with Gasteiger partial charge in [-0.15, -0.1) is 28.3 Å². The first-order valence-corrected chi connectivity index (χ1v) is 11.0. The predicted octanol–water partition coefficient (Wildman–Crippen LogP) is 7.22. The summed E-state index contributed by atoms with van der Waals surface area (Å²) < 4.78 is 2.65. The van der Waals surface area contributed by atoms with Crippen LogP contribution < -0.4 is 4.80 Å². The Hall–Kier alpha value is -0.870.